The lowest BCUT2D eigenvalue weighted by Crippen LogP contribution is -2.48. The summed E-state index contributed by atoms with van der Waals surface area (Å²) < 4.78 is 8.02. The largest absolute Gasteiger partial charge is 0.370 e. The molecule has 7 heteroatoms. The maximum Gasteiger partial charge on any atom is 0.194 e. The third kappa shape index (κ3) is 5.86. The van der Waals surface area contributed by atoms with Crippen molar-refractivity contribution in [2.75, 3.05) is 26.7 Å². The van der Waals surface area contributed by atoms with E-state index in [0.29, 0.717) is 6.61 Å². The molecule has 1 aliphatic rings. The van der Waals surface area contributed by atoms with Crippen LogP contribution in [-0.4, -0.2) is 47.4 Å². The first-order valence-electron chi connectivity index (χ1n) is 10.4. The molecule has 3 aromatic rings. The van der Waals surface area contributed by atoms with E-state index < -0.39 is 0 Å². The van der Waals surface area contributed by atoms with Crippen molar-refractivity contribution in [1.82, 2.24) is 20.0 Å². The molecular weight excluding hydrogens is 501 g/mol. The summed E-state index contributed by atoms with van der Waals surface area (Å²) >= 11 is 0. The van der Waals surface area contributed by atoms with Gasteiger partial charge in [0.15, 0.2) is 5.96 Å². The fourth-order valence-corrected chi connectivity index (χ4v) is 3.94. The van der Waals surface area contributed by atoms with Crippen LogP contribution in [0.25, 0.3) is 0 Å². The number of hydrogen-bond donors (Lipinski definition) is 1. The summed E-state index contributed by atoms with van der Waals surface area (Å²) in [6.45, 7) is 5.93. The number of benzene rings is 2. The molecule has 0 bridgehead atoms. The van der Waals surface area contributed by atoms with Crippen molar-refractivity contribution in [2.24, 2.45) is 4.99 Å². The lowest BCUT2D eigenvalue weighted by molar-refractivity contribution is -0.00834. The molecule has 31 heavy (non-hydrogen) atoms. The molecule has 1 atom stereocenters. The Morgan fingerprint density at radius 2 is 1.90 bits per heavy atom. The molecule has 0 aliphatic carbocycles. The summed E-state index contributed by atoms with van der Waals surface area (Å²) in [6.07, 6.45) is 3.86. The van der Waals surface area contributed by atoms with E-state index in [1.54, 1.807) is 0 Å². The van der Waals surface area contributed by atoms with Crippen LogP contribution < -0.4 is 5.32 Å². The Hall–Kier alpha value is -2.39. The molecule has 0 radical (unpaired) electrons. The quantitative estimate of drug-likeness (QED) is 0.307. The second kappa shape index (κ2) is 11.3. The van der Waals surface area contributed by atoms with E-state index >= 15 is 0 Å². The van der Waals surface area contributed by atoms with E-state index in [1.807, 2.05) is 30.2 Å². The number of rotatable bonds is 5. The SMILES string of the molecule is CN=C(NCc1ccccc1Cn1cccn1)N1CCOC(c2ccccc2C)C1.I. The third-order valence-corrected chi connectivity index (χ3v) is 5.56. The van der Waals surface area contributed by atoms with E-state index in [-0.39, 0.29) is 30.1 Å². The Balaban J connectivity index is 0.00000272. The molecule has 1 saturated heterocycles. The van der Waals surface area contributed by atoms with Crippen LogP contribution in [0.2, 0.25) is 0 Å². The normalized spacial score (nSPS) is 16.6. The third-order valence-electron chi connectivity index (χ3n) is 5.56. The Morgan fingerprint density at radius 3 is 2.65 bits per heavy atom. The molecule has 6 nitrogen and oxygen atoms in total. The fraction of sp³-hybridized carbons (Fsp3) is 0.333. The highest BCUT2D eigenvalue weighted by atomic mass is 127. The zero-order valence-electron chi connectivity index (χ0n) is 18.1. The van der Waals surface area contributed by atoms with Crippen molar-refractivity contribution in [1.29, 1.82) is 0 Å². The molecule has 0 saturated carbocycles. The smallest absolute Gasteiger partial charge is 0.194 e. The van der Waals surface area contributed by atoms with Crippen LogP contribution in [-0.2, 0) is 17.8 Å². The Labute approximate surface area is 201 Å². The Bertz CT molecular complexity index is 989. The van der Waals surface area contributed by atoms with Gasteiger partial charge in [0.1, 0.15) is 6.10 Å². The van der Waals surface area contributed by atoms with Crippen LogP contribution in [0.3, 0.4) is 0 Å². The van der Waals surface area contributed by atoms with Gasteiger partial charge in [-0.3, -0.25) is 9.67 Å². The topological polar surface area (TPSA) is 54.7 Å². The van der Waals surface area contributed by atoms with Crippen LogP contribution in [0.15, 0.2) is 72.0 Å². The minimum atomic E-state index is 0. The van der Waals surface area contributed by atoms with Crippen molar-refractivity contribution < 1.29 is 4.74 Å². The zero-order chi connectivity index (χ0) is 20.8. The fourth-order valence-electron chi connectivity index (χ4n) is 3.94. The van der Waals surface area contributed by atoms with Crippen LogP contribution in [0.1, 0.15) is 28.4 Å². The van der Waals surface area contributed by atoms with Gasteiger partial charge in [-0.25, -0.2) is 0 Å². The predicted octanol–water partition coefficient (Wildman–Crippen LogP) is 4.01. The van der Waals surface area contributed by atoms with Gasteiger partial charge in [-0.1, -0.05) is 48.5 Å². The van der Waals surface area contributed by atoms with Gasteiger partial charge in [0.2, 0.25) is 0 Å². The van der Waals surface area contributed by atoms with Gasteiger partial charge in [-0.05, 0) is 35.2 Å². The van der Waals surface area contributed by atoms with Gasteiger partial charge in [0.25, 0.3) is 0 Å². The van der Waals surface area contributed by atoms with Crippen molar-refractivity contribution in [3.63, 3.8) is 0 Å². The highest BCUT2D eigenvalue weighted by molar-refractivity contribution is 14.0. The number of halogens is 1. The Morgan fingerprint density at radius 1 is 1.13 bits per heavy atom. The molecule has 2 aromatic carbocycles. The molecule has 1 aromatic heterocycles. The lowest BCUT2D eigenvalue weighted by Gasteiger charge is -2.35. The minimum Gasteiger partial charge on any atom is -0.370 e. The molecule has 1 fully saturated rings. The van der Waals surface area contributed by atoms with Gasteiger partial charge >= 0.3 is 0 Å². The predicted molar refractivity (Wildman–Crippen MR) is 135 cm³/mol. The van der Waals surface area contributed by atoms with E-state index in [1.165, 1.54) is 22.3 Å². The second-order valence-electron chi connectivity index (χ2n) is 7.54. The second-order valence-corrected chi connectivity index (χ2v) is 7.54. The molecule has 1 aliphatic heterocycles. The summed E-state index contributed by atoms with van der Waals surface area (Å²) in [4.78, 5) is 6.83. The lowest BCUT2D eigenvalue weighted by atomic mass is 10.0. The summed E-state index contributed by atoms with van der Waals surface area (Å²) in [5.74, 6) is 0.908. The van der Waals surface area contributed by atoms with E-state index in [9.17, 15) is 0 Å². The van der Waals surface area contributed by atoms with Crippen LogP contribution in [0, 0.1) is 6.92 Å². The number of nitrogens with zero attached hydrogens (tertiary/aromatic N) is 4. The number of ether oxygens (including phenoxy) is 1. The minimum absolute atomic E-state index is 0. The maximum atomic E-state index is 6.08. The number of aliphatic imine (C=N–C) groups is 1. The number of guanidine groups is 1. The average molecular weight is 531 g/mol. The standard InChI is InChI=1S/C24H29N5O.HI/c1-19-8-3-6-11-22(19)23-18-28(14-15-30-23)24(25-2)26-16-20-9-4-5-10-21(20)17-29-13-7-12-27-29;/h3-13,23H,14-18H2,1-2H3,(H,25,26);1H. The highest BCUT2D eigenvalue weighted by Gasteiger charge is 2.25. The summed E-state index contributed by atoms with van der Waals surface area (Å²) in [7, 11) is 1.84. The van der Waals surface area contributed by atoms with E-state index in [4.69, 9.17) is 4.74 Å². The highest BCUT2D eigenvalue weighted by Crippen LogP contribution is 2.25. The van der Waals surface area contributed by atoms with Crippen molar-refractivity contribution in [2.45, 2.75) is 26.1 Å². The van der Waals surface area contributed by atoms with Crippen molar-refractivity contribution in [3.8, 4) is 0 Å². The molecule has 2 heterocycles. The first-order valence-corrected chi connectivity index (χ1v) is 10.4. The van der Waals surface area contributed by atoms with Crippen LogP contribution in [0.5, 0.6) is 0 Å². The maximum absolute atomic E-state index is 6.08. The van der Waals surface area contributed by atoms with Crippen LogP contribution in [0.4, 0.5) is 0 Å². The summed E-state index contributed by atoms with van der Waals surface area (Å²) in [6, 6.07) is 18.9. The number of aromatic nitrogens is 2. The number of morpholine rings is 1. The first kappa shape index (κ1) is 23.3. The Kier molecular flexibility index (Phi) is 8.48. The van der Waals surface area contributed by atoms with Gasteiger partial charge in [-0.2, -0.15) is 5.10 Å². The van der Waals surface area contributed by atoms with Gasteiger partial charge in [0, 0.05) is 32.5 Å². The summed E-state index contributed by atoms with van der Waals surface area (Å²) in [5, 5.41) is 7.88. The zero-order valence-corrected chi connectivity index (χ0v) is 20.4. The average Bonchev–Trinajstić information content (AvgIpc) is 3.29. The van der Waals surface area contributed by atoms with Gasteiger partial charge in [0.05, 0.1) is 19.7 Å². The number of nitrogens with one attached hydrogen (secondary N) is 1. The summed E-state index contributed by atoms with van der Waals surface area (Å²) in [5.41, 5.74) is 5.02. The molecular formula is C24H30IN5O. The molecule has 164 valence electrons. The molecule has 0 amide bonds. The van der Waals surface area contributed by atoms with Gasteiger partial charge in [-0.15, -0.1) is 24.0 Å². The number of aryl methyl sites for hydroxylation is 1. The molecule has 1 unspecified atom stereocenters. The molecule has 0 spiro atoms. The first-order chi connectivity index (χ1) is 14.7. The van der Waals surface area contributed by atoms with E-state index in [0.717, 1.165) is 32.1 Å². The van der Waals surface area contributed by atoms with Gasteiger partial charge < -0.3 is 15.0 Å². The molecule has 4 rings (SSSR count). The molecule has 1 N–H and O–H groups in total. The number of hydrogen-bond acceptors (Lipinski definition) is 3. The van der Waals surface area contributed by atoms with Crippen molar-refractivity contribution >= 4 is 29.9 Å². The van der Waals surface area contributed by atoms with E-state index in [2.05, 4.69) is 75.8 Å². The van der Waals surface area contributed by atoms with Crippen LogP contribution >= 0.6 is 24.0 Å². The van der Waals surface area contributed by atoms with Crippen molar-refractivity contribution in [3.05, 3.63) is 89.2 Å². The monoisotopic (exact) mass is 531 g/mol.